The average molecular weight is 221 g/mol. The predicted molar refractivity (Wildman–Crippen MR) is 60.8 cm³/mol. The monoisotopic (exact) mass is 221 g/mol. The largest absolute Gasteiger partial charge is 0.305 e. The third kappa shape index (κ3) is 2.30. The molecule has 1 aliphatic rings. The van der Waals surface area contributed by atoms with Crippen LogP contribution in [-0.4, -0.2) is 31.3 Å². The molecule has 16 heavy (non-hydrogen) atoms. The van der Waals surface area contributed by atoms with E-state index in [0.717, 1.165) is 24.9 Å². The summed E-state index contributed by atoms with van der Waals surface area (Å²) in [5.41, 5.74) is 1.14. The Kier molecular flexibility index (Phi) is 3.34. The first-order valence-corrected chi connectivity index (χ1v) is 5.58. The Morgan fingerprint density at radius 1 is 1.38 bits per heavy atom. The Morgan fingerprint density at radius 3 is 2.69 bits per heavy atom. The summed E-state index contributed by atoms with van der Waals surface area (Å²) in [5, 5.41) is 0. The van der Waals surface area contributed by atoms with E-state index in [1.165, 1.54) is 12.1 Å². The summed E-state index contributed by atoms with van der Waals surface area (Å²) in [6.07, 6.45) is 1.58. The molecule has 0 saturated carbocycles. The highest BCUT2D eigenvalue weighted by Crippen LogP contribution is 2.33. The quantitative estimate of drug-likeness (QED) is 0.728. The van der Waals surface area contributed by atoms with Crippen LogP contribution in [0, 0.1) is 11.7 Å². The van der Waals surface area contributed by atoms with Crippen LogP contribution in [0.5, 0.6) is 0 Å². The molecule has 2 nitrogen and oxygen atoms in total. The summed E-state index contributed by atoms with van der Waals surface area (Å²) in [6, 6.07) is 6.64. The molecule has 1 aromatic rings. The Morgan fingerprint density at radius 2 is 2.06 bits per heavy atom. The molecule has 0 amide bonds. The molecule has 1 aromatic carbocycles. The molecule has 3 heteroatoms. The van der Waals surface area contributed by atoms with Gasteiger partial charge in [0.2, 0.25) is 0 Å². The molecule has 0 aliphatic carbocycles. The highest BCUT2D eigenvalue weighted by atomic mass is 19.1. The summed E-state index contributed by atoms with van der Waals surface area (Å²) < 4.78 is 12.8. The van der Waals surface area contributed by atoms with E-state index in [1.54, 1.807) is 0 Å². The van der Waals surface area contributed by atoms with Gasteiger partial charge in [0, 0.05) is 25.4 Å². The molecule has 0 bridgehead atoms. The fraction of sp³-hybridized carbons (Fsp3) is 0.462. The molecule has 0 radical (unpaired) electrons. The van der Waals surface area contributed by atoms with Crippen LogP contribution in [0.25, 0.3) is 0 Å². The van der Waals surface area contributed by atoms with Crippen molar-refractivity contribution < 1.29 is 9.18 Å². The molecule has 1 aliphatic heterocycles. The number of rotatable bonds is 3. The predicted octanol–water partition coefficient (Wildman–Crippen LogP) is 2.06. The second kappa shape index (κ2) is 4.74. The summed E-state index contributed by atoms with van der Waals surface area (Å²) >= 11 is 0. The molecule has 0 aromatic heterocycles. The van der Waals surface area contributed by atoms with Crippen molar-refractivity contribution >= 4 is 6.29 Å². The van der Waals surface area contributed by atoms with E-state index >= 15 is 0 Å². The van der Waals surface area contributed by atoms with Gasteiger partial charge in [-0.1, -0.05) is 12.1 Å². The summed E-state index contributed by atoms with van der Waals surface area (Å²) in [5.74, 6) is 0.519. The number of hydrogen-bond donors (Lipinski definition) is 0. The van der Waals surface area contributed by atoms with Crippen molar-refractivity contribution in [3.8, 4) is 0 Å². The first kappa shape index (κ1) is 11.3. The van der Waals surface area contributed by atoms with Crippen molar-refractivity contribution in [2.45, 2.75) is 12.3 Å². The fourth-order valence-electron chi connectivity index (χ4n) is 2.54. The van der Waals surface area contributed by atoms with Crippen molar-refractivity contribution in [3.05, 3.63) is 35.6 Å². The Labute approximate surface area is 95.1 Å². The van der Waals surface area contributed by atoms with Gasteiger partial charge in [-0.05, 0) is 30.7 Å². The first-order chi connectivity index (χ1) is 7.70. The second-order valence-corrected chi connectivity index (χ2v) is 4.54. The zero-order valence-corrected chi connectivity index (χ0v) is 9.40. The molecule has 1 heterocycles. The number of carbonyl (C=O) groups excluding carboxylic acids is 1. The molecule has 0 unspecified atom stereocenters. The summed E-state index contributed by atoms with van der Waals surface area (Å²) in [7, 11) is 2.06. The molecule has 86 valence electrons. The van der Waals surface area contributed by atoms with Gasteiger partial charge in [-0.3, -0.25) is 0 Å². The highest BCUT2D eigenvalue weighted by molar-refractivity contribution is 5.50. The van der Waals surface area contributed by atoms with Crippen LogP contribution in [0.1, 0.15) is 17.9 Å². The lowest BCUT2D eigenvalue weighted by Gasteiger charge is -2.16. The van der Waals surface area contributed by atoms with Crippen molar-refractivity contribution in [2.75, 3.05) is 20.1 Å². The van der Waals surface area contributed by atoms with E-state index in [9.17, 15) is 9.18 Å². The van der Waals surface area contributed by atoms with Crippen molar-refractivity contribution in [3.63, 3.8) is 0 Å². The van der Waals surface area contributed by atoms with Crippen molar-refractivity contribution in [1.82, 2.24) is 4.90 Å². The minimum Gasteiger partial charge on any atom is -0.305 e. The minimum absolute atomic E-state index is 0.206. The van der Waals surface area contributed by atoms with E-state index in [0.29, 0.717) is 18.3 Å². The molecular weight excluding hydrogens is 205 g/mol. The smallest absolute Gasteiger partial charge is 0.123 e. The van der Waals surface area contributed by atoms with Gasteiger partial charge in [0.25, 0.3) is 0 Å². The number of carbonyl (C=O) groups is 1. The van der Waals surface area contributed by atoms with Crippen molar-refractivity contribution in [2.24, 2.45) is 5.92 Å². The Hall–Kier alpha value is -1.22. The van der Waals surface area contributed by atoms with Gasteiger partial charge in [0.15, 0.2) is 0 Å². The van der Waals surface area contributed by atoms with Gasteiger partial charge >= 0.3 is 0 Å². The lowest BCUT2D eigenvalue weighted by Crippen LogP contribution is -2.13. The van der Waals surface area contributed by atoms with Gasteiger partial charge in [0.1, 0.15) is 12.1 Å². The van der Waals surface area contributed by atoms with Crippen LogP contribution in [0.4, 0.5) is 4.39 Å². The normalized spacial score (nSPS) is 25.9. The maximum atomic E-state index is 12.8. The summed E-state index contributed by atoms with van der Waals surface area (Å²) in [6.45, 7) is 1.89. The van der Waals surface area contributed by atoms with Crippen LogP contribution in [0.3, 0.4) is 0 Å². The van der Waals surface area contributed by atoms with Crippen LogP contribution in [0.2, 0.25) is 0 Å². The Bertz CT molecular complexity index is 363. The third-order valence-corrected chi connectivity index (χ3v) is 3.32. The van der Waals surface area contributed by atoms with Crippen LogP contribution >= 0.6 is 0 Å². The number of likely N-dealkylation sites (tertiary alicyclic amines) is 1. The molecule has 1 saturated heterocycles. The number of hydrogen-bond acceptors (Lipinski definition) is 2. The van der Waals surface area contributed by atoms with E-state index in [4.69, 9.17) is 0 Å². The average Bonchev–Trinajstić information content (AvgIpc) is 2.61. The lowest BCUT2D eigenvalue weighted by molar-refractivity contribution is -0.108. The minimum atomic E-state index is -0.206. The first-order valence-electron chi connectivity index (χ1n) is 5.58. The van der Waals surface area contributed by atoms with Gasteiger partial charge in [-0.15, -0.1) is 0 Å². The zero-order chi connectivity index (χ0) is 11.5. The maximum Gasteiger partial charge on any atom is 0.123 e. The number of nitrogens with zero attached hydrogens (tertiary/aromatic N) is 1. The second-order valence-electron chi connectivity index (χ2n) is 4.54. The van der Waals surface area contributed by atoms with E-state index < -0.39 is 0 Å². The summed E-state index contributed by atoms with van der Waals surface area (Å²) in [4.78, 5) is 12.8. The Balaban J connectivity index is 2.18. The maximum absolute atomic E-state index is 12.8. The lowest BCUT2D eigenvalue weighted by atomic mass is 9.87. The third-order valence-electron chi connectivity index (χ3n) is 3.32. The highest BCUT2D eigenvalue weighted by Gasteiger charge is 2.31. The number of aldehydes is 1. The van der Waals surface area contributed by atoms with Crippen molar-refractivity contribution in [1.29, 1.82) is 0 Å². The molecule has 2 atom stereocenters. The molecule has 1 fully saturated rings. The van der Waals surface area contributed by atoms with E-state index in [1.807, 2.05) is 12.1 Å². The van der Waals surface area contributed by atoms with E-state index in [2.05, 4.69) is 11.9 Å². The van der Waals surface area contributed by atoms with Gasteiger partial charge in [-0.2, -0.15) is 0 Å². The standard InChI is InChI=1S/C13H16FNO/c1-15-8-11(6-7-16)13(9-15)10-2-4-12(14)5-3-10/h2-5,7,11,13H,6,8-9H2,1H3/t11-,13+/m1/s1. The molecule has 0 N–H and O–H groups in total. The number of benzene rings is 1. The fourth-order valence-corrected chi connectivity index (χ4v) is 2.54. The zero-order valence-electron chi connectivity index (χ0n) is 9.40. The molecule has 2 rings (SSSR count). The molecule has 0 spiro atoms. The van der Waals surface area contributed by atoms with Gasteiger partial charge in [0.05, 0.1) is 0 Å². The SMILES string of the molecule is CN1C[C@@H](CC=O)[C@H](c2ccc(F)cc2)C1. The van der Waals surface area contributed by atoms with E-state index in [-0.39, 0.29) is 5.82 Å². The van der Waals surface area contributed by atoms with Crippen LogP contribution < -0.4 is 0 Å². The van der Waals surface area contributed by atoms with Gasteiger partial charge < -0.3 is 9.69 Å². The van der Waals surface area contributed by atoms with Gasteiger partial charge in [-0.25, -0.2) is 4.39 Å². The molecular formula is C13H16FNO. The van der Waals surface area contributed by atoms with Crippen LogP contribution in [0.15, 0.2) is 24.3 Å². The topological polar surface area (TPSA) is 20.3 Å². The number of likely N-dealkylation sites (N-methyl/N-ethyl adjacent to an activating group) is 1. The number of halogens is 1. The van der Waals surface area contributed by atoms with Crippen LogP contribution in [-0.2, 0) is 4.79 Å².